The lowest BCUT2D eigenvalue weighted by molar-refractivity contribution is -0.118. The van der Waals surface area contributed by atoms with Crippen LogP contribution in [-0.4, -0.2) is 33.7 Å². The van der Waals surface area contributed by atoms with Crippen molar-refractivity contribution >= 4 is 11.7 Å². The average Bonchev–Trinajstić information content (AvgIpc) is 2.79. The van der Waals surface area contributed by atoms with Crippen LogP contribution >= 0.6 is 0 Å². The first-order valence-corrected chi connectivity index (χ1v) is 7.77. The van der Waals surface area contributed by atoms with Crippen LogP contribution in [0, 0.1) is 12.7 Å². The van der Waals surface area contributed by atoms with Gasteiger partial charge < -0.3 is 5.32 Å². The van der Waals surface area contributed by atoms with Gasteiger partial charge in [0.1, 0.15) is 11.6 Å². The molecular formula is C17H21FN4O. The predicted octanol–water partition coefficient (Wildman–Crippen LogP) is 2.43. The van der Waals surface area contributed by atoms with Crippen LogP contribution in [0.15, 0.2) is 24.3 Å². The summed E-state index contributed by atoms with van der Waals surface area (Å²) in [5.41, 5.74) is 3.00. The van der Waals surface area contributed by atoms with Crippen molar-refractivity contribution in [1.82, 2.24) is 14.7 Å². The van der Waals surface area contributed by atoms with E-state index in [1.807, 2.05) is 19.1 Å². The highest BCUT2D eigenvalue weighted by molar-refractivity contribution is 5.91. The minimum atomic E-state index is -0.200. The minimum absolute atomic E-state index is 0.0644. The van der Waals surface area contributed by atoms with Gasteiger partial charge in [0.15, 0.2) is 0 Å². The number of anilines is 1. The van der Waals surface area contributed by atoms with Crippen molar-refractivity contribution in [3.63, 3.8) is 0 Å². The number of rotatable bonds is 3. The second-order valence-electron chi connectivity index (χ2n) is 6.08. The van der Waals surface area contributed by atoms with Crippen molar-refractivity contribution in [2.24, 2.45) is 7.05 Å². The van der Waals surface area contributed by atoms with E-state index in [-0.39, 0.29) is 17.8 Å². The number of aryl methyl sites for hydroxylation is 2. The van der Waals surface area contributed by atoms with E-state index in [4.69, 9.17) is 0 Å². The van der Waals surface area contributed by atoms with E-state index in [1.165, 1.54) is 6.07 Å². The lowest BCUT2D eigenvalue weighted by Gasteiger charge is -2.34. The van der Waals surface area contributed by atoms with Gasteiger partial charge in [-0.1, -0.05) is 6.07 Å². The Kier molecular flexibility index (Phi) is 4.17. The van der Waals surface area contributed by atoms with Gasteiger partial charge in [-0.25, -0.2) is 4.39 Å². The van der Waals surface area contributed by atoms with E-state index in [9.17, 15) is 9.18 Å². The SMILES string of the molecule is Cc1cc(NC(=O)CN2CCc3cc(F)ccc3[C@H]2C)n(C)n1. The molecule has 23 heavy (non-hydrogen) atoms. The number of halogens is 1. The summed E-state index contributed by atoms with van der Waals surface area (Å²) < 4.78 is 15.0. The molecule has 0 spiro atoms. The van der Waals surface area contributed by atoms with Crippen LogP contribution in [0.5, 0.6) is 0 Å². The number of nitrogens with one attached hydrogen (secondary N) is 1. The Balaban J connectivity index is 1.67. The van der Waals surface area contributed by atoms with Crippen molar-refractivity contribution in [3.05, 3.63) is 46.9 Å². The normalized spacial score (nSPS) is 17.8. The molecule has 0 aliphatic carbocycles. The maximum absolute atomic E-state index is 13.3. The Labute approximate surface area is 135 Å². The number of carbonyl (C=O) groups is 1. The molecule has 1 atom stereocenters. The fraction of sp³-hybridized carbons (Fsp3) is 0.412. The van der Waals surface area contributed by atoms with Gasteiger partial charge in [-0.15, -0.1) is 0 Å². The molecule has 122 valence electrons. The van der Waals surface area contributed by atoms with Gasteiger partial charge in [0.05, 0.1) is 12.2 Å². The molecule has 0 unspecified atom stereocenters. The summed E-state index contributed by atoms with van der Waals surface area (Å²) in [6, 6.07) is 6.84. The number of fused-ring (bicyclic) bond motifs is 1. The molecule has 0 bridgehead atoms. The Morgan fingerprint density at radius 1 is 1.43 bits per heavy atom. The zero-order chi connectivity index (χ0) is 16.6. The predicted molar refractivity (Wildman–Crippen MR) is 86.7 cm³/mol. The number of aromatic nitrogens is 2. The second-order valence-corrected chi connectivity index (χ2v) is 6.08. The number of amides is 1. The van der Waals surface area contributed by atoms with Gasteiger partial charge in [-0.2, -0.15) is 5.10 Å². The maximum atomic E-state index is 13.3. The Morgan fingerprint density at radius 3 is 2.91 bits per heavy atom. The van der Waals surface area contributed by atoms with Crippen LogP contribution in [0.4, 0.5) is 10.2 Å². The van der Waals surface area contributed by atoms with Gasteiger partial charge in [0, 0.05) is 25.7 Å². The zero-order valence-electron chi connectivity index (χ0n) is 13.6. The van der Waals surface area contributed by atoms with E-state index >= 15 is 0 Å². The average molecular weight is 316 g/mol. The fourth-order valence-corrected chi connectivity index (χ4v) is 3.16. The van der Waals surface area contributed by atoms with Gasteiger partial charge in [0.2, 0.25) is 5.91 Å². The summed E-state index contributed by atoms with van der Waals surface area (Å²) in [6.07, 6.45) is 0.759. The van der Waals surface area contributed by atoms with E-state index in [0.717, 1.165) is 29.8 Å². The minimum Gasteiger partial charge on any atom is -0.310 e. The summed E-state index contributed by atoms with van der Waals surface area (Å²) in [5, 5.41) is 7.11. The third kappa shape index (κ3) is 3.27. The highest BCUT2D eigenvalue weighted by Crippen LogP contribution is 2.29. The largest absolute Gasteiger partial charge is 0.310 e. The zero-order valence-corrected chi connectivity index (χ0v) is 13.6. The third-order valence-electron chi connectivity index (χ3n) is 4.39. The molecule has 2 aromatic rings. The molecule has 1 aliphatic rings. The summed E-state index contributed by atoms with van der Waals surface area (Å²) in [6.45, 7) is 4.99. The van der Waals surface area contributed by atoms with E-state index in [0.29, 0.717) is 12.4 Å². The molecule has 0 saturated carbocycles. The van der Waals surface area contributed by atoms with Crippen molar-refractivity contribution in [1.29, 1.82) is 0 Å². The molecule has 0 radical (unpaired) electrons. The first-order chi connectivity index (χ1) is 10.9. The van der Waals surface area contributed by atoms with Crippen molar-refractivity contribution < 1.29 is 9.18 Å². The van der Waals surface area contributed by atoms with Gasteiger partial charge >= 0.3 is 0 Å². The smallest absolute Gasteiger partial charge is 0.239 e. The quantitative estimate of drug-likeness (QED) is 0.946. The topological polar surface area (TPSA) is 50.2 Å². The van der Waals surface area contributed by atoms with Crippen LogP contribution in [0.2, 0.25) is 0 Å². The van der Waals surface area contributed by atoms with Crippen LogP contribution < -0.4 is 5.32 Å². The second kappa shape index (κ2) is 6.12. The first-order valence-electron chi connectivity index (χ1n) is 7.77. The van der Waals surface area contributed by atoms with E-state index < -0.39 is 0 Å². The van der Waals surface area contributed by atoms with Gasteiger partial charge in [-0.3, -0.25) is 14.4 Å². The summed E-state index contributed by atoms with van der Waals surface area (Å²) >= 11 is 0. The molecule has 1 aromatic carbocycles. The molecule has 5 nitrogen and oxygen atoms in total. The number of benzene rings is 1. The highest BCUT2D eigenvalue weighted by atomic mass is 19.1. The molecule has 0 fully saturated rings. The molecule has 1 aromatic heterocycles. The van der Waals surface area contributed by atoms with Gasteiger partial charge in [0.25, 0.3) is 0 Å². The molecule has 1 aliphatic heterocycles. The highest BCUT2D eigenvalue weighted by Gasteiger charge is 2.25. The summed E-state index contributed by atoms with van der Waals surface area (Å²) in [7, 11) is 1.80. The standard InChI is InChI=1S/C17H21FN4O/c1-11-8-16(21(3)20-11)19-17(23)10-22-7-6-13-9-14(18)4-5-15(13)12(22)2/h4-5,8-9,12H,6-7,10H2,1-3H3,(H,19,23)/t12-/m1/s1. The Morgan fingerprint density at radius 2 is 2.22 bits per heavy atom. The first kappa shape index (κ1) is 15.7. The summed E-state index contributed by atoms with van der Waals surface area (Å²) in [5.74, 6) is 0.429. The van der Waals surface area contributed by atoms with E-state index in [1.54, 1.807) is 17.8 Å². The van der Waals surface area contributed by atoms with Crippen molar-refractivity contribution in [2.75, 3.05) is 18.4 Å². The lowest BCUT2D eigenvalue weighted by Crippen LogP contribution is -2.39. The van der Waals surface area contributed by atoms with Crippen LogP contribution in [-0.2, 0) is 18.3 Å². The Hall–Kier alpha value is -2.21. The van der Waals surface area contributed by atoms with Crippen LogP contribution in [0.25, 0.3) is 0 Å². The van der Waals surface area contributed by atoms with Crippen molar-refractivity contribution in [2.45, 2.75) is 26.3 Å². The molecule has 1 amide bonds. The molecule has 2 heterocycles. The van der Waals surface area contributed by atoms with Gasteiger partial charge in [-0.05, 0) is 43.5 Å². The number of nitrogens with zero attached hydrogens (tertiary/aromatic N) is 3. The number of carbonyl (C=O) groups excluding carboxylic acids is 1. The maximum Gasteiger partial charge on any atom is 0.239 e. The summed E-state index contributed by atoms with van der Waals surface area (Å²) in [4.78, 5) is 14.4. The number of hydrogen-bond acceptors (Lipinski definition) is 3. The van der Waals surface area contributed by atoms with Crippen LogP contribution in [0.1, 0.15) is 29.8 Å². The van der Waals surface area contributed by atoms with E-state index in [2.05, 4.69) is 22.2 Å². The molecule has 1 N–H and O–H groups in total. The lowest BCUT2D eigenvalue weighted by atomic mass is 9.93. The molecule has 6 heteroatoms. The monoisotopic (exact) mass is 316 g/mol. The molecule has 0 saturated heterocycles. The Bertz CT molecular complexity index is 740. The van der Waals surface area contributed by atoms with Crippen LogP contribution in [0.3, 0.4) is 0 Å². The molecular weight excluding hydrogens is 295 g/mol. The number of hydrogen-bond donors (Lipinski definition) is 1. The van der Waals surface area contributed by atoms with Crippen molar-refractivity contribution in [3.8, 4) is 0 Å². The third-order valence-corrected chi connectivity index (χ3v) is 4.39. The fourth-order valence-electron chi connectivity index (χ4n) is 3.16. The molecule has 3 rings (SSSR count).